The molecule has 1 aliphatic carbocycles. The minimum absolute atomic E-state index is 0.0920. The van der Waals surface area contributed by atoms with Gasteiger partial charge in [0.2, 0.25) is 11.8 Å². The molecule has 2 saturated heterocycles. The summed E-state index contributed by atoms with van der Waals surface area (Å²) >= 11 is 0. The van der Waals surface area contributed by atoms with Crippen LogP contribution in [-0.4, -0.2) is 100 Å². The number of hydrogen-bond donors (Lipinski definition) is 4. The Hall–Kier alpha value is -5.70. The van der Waals surface area contributed by atoms with E-state index in [9.17, 15) is 19.2 Å². The van der Waals surface area contributed by atoms with E-state index in [-0.39, 0.29) is 41.8 Å². The number of hydrogen-bond acceptors (Lipinski definition) is 8. The summed E-state index contributed by atoms with van der Waals surface area (Å²) in [6.07, 6.45) is 4.20. The second-order valence-corrected chi connectivity index (χ2v) is 23.3. The molecule has 2 aliphatic heterocycles. The van der Waals surface area contributed by atoms with Gasteiger partial charge in [0, 0.05) is 17.6 Å². The Balaban J connectivity index is 1.01. The number of amides is 4. The smallest absolute Gasteiger partial charge is 0.407 e. The average molecular weight is 833 g/mol. The van der Waals surface area contributed by atoms with Gasteiger partial charge in [0.05, 0.1) is 57.3 Å². The maximum Gasteiger partial charge on any atom is 0.407 e. The number of rotatable bonds is 10. The maximum absolute atomic E-state index is 14.1. The molecule has 1 saturated carbocycles. The second-order valence-electron chi connectivity index (χ2n) is 18.3. The van der Waals surface area contributed by atoms with Crippen molar-refractivity contribution in [2.75, 3.05) is 20.4 Å². The first kappa shape index (κ1) is 41.0. The van der Waals surface area contributed by atoms with Gasteiger partial charge in [-0.2, -0.15) is 0 Å². The van der Waals surface area contributed by atoms with E-state index in [4.69, 9.17) is 19.4 Å². The van der Waals surface area contributed by atoms with Crippen molar-refractivity contribution in [1.82, 2.24) is 40.4 Å². The van der Waals surface area contributed by atoms with Gasteiger partial charge in [0.1, 0.15) is 23.7 Å². The minimum atomic E-state index is -1.75. The third-order valence-corrected chi connectivity index (χ3v) is 15.5. The zero-order valence-corrected chi connectivity index (χ0v) is 36.7. The van der Waals surface area contributed by atoms with Gasteiger partial charge in [-0.05, 0) is 77.3 Å². The van der Waals surface area contributed by atoms with Gasteiger partial charge in [-0.15, -0.1) is 0 Å². The molecule has 2 aromatic heterocycles. The van der Waals surface area contributed by atoms with Crippen molar-refractivity contribution in [3.05, 3.63) is 72.4 Å². The van der Waals surface area contributed by atoms with E-state index in [1.165, 1.54) is 14.2 Å². The van der Waals surface area contributed by atoms with E-state index in [0.29, 0.717) is 12.1 Å². The van der Waals surface area contributed by atoms with Crippen molar-refractivity contribution in [3.63, 3.8) is 0 Å². The van der Waals surface area contributed by atoms with Crippen LogP contribution in [0.15, 0.2) is 60.8 Å². The highest BCUT2D eigenvalue weighted by molar-refractivity contribution is 6.78. The standard InChI is InChI=1S/C45H56N8O6Si/c1-24(2)36(50-44(56)58-5)42(54)52-23-60(7,8)22-35(52)40-46-21-34(48-40)27-11-9-26(10-12-27)28-14-17-32-29(19-28)15-18-33-38(32)49-41(47-33)39-30-13-16-31(20-30)53(39)43(55)37(25(3)4)51-45(57)59-6/h9-12,14-15,17-19,21,24-25,30-31,35-37,39H,13,16,20,22-23H2,1-8H3,(H,46,48)(H,47,49)(H,50,56)(H,51,57)/t30?,31?,35?,36?,37?,39-/m0/s1. The van der Waals surface area contributed by atoms with E-state index in [2.05, 4.69) is 88.3 Å². The number of H-pyrrole nitrogens is 2. The van der Waals surface area contributed by atoms with Crippen LogP contribution in [0.3, 0.4) is 0 Å². The monoisotopic (exact) mass is 832 g/mol. The SMILES string of the molecule is COC(=O)NC(C(=O)N1C[Si](C)(C)CC1c1ncc(-c2ccc(-c3ccc4c(ccc5[nH]c([C@@H]6C7CCC(C7)N6C(=O)C(NC(=O)OC)C(C)C)nc54)c3)cc2)[nH]1)C(C)C. The van der Waals surface area contributed by atoms with Crippen LogP contribution in [0.1, 0.15) is 70.7 Å². The predicted molar refractivity (Wildman–Crippen MR) is 232 cm³/mol. The fourth-order valence-electron chi connectivity index (χ4n) is 9.78. The molecular formula is C45H56N8O6Si. The van der Waals surface area contributed by atoms with Crippen LogP contribution in [0.5, 0.6) is 0 Å². The Morgan fingerprint density at radius 1 is 0.800 bits per heavy atom. The van der Waals surface area contributed by atoms with E-state index in [0.717, 1.165) is 81.1 Å². The first-order valence-corrected chi connectivity index (χ1v) is 24.5. The summed E-state index contributed by atoms with van der Waals surface area (Å²) in [5, 5.41) is 7.61. The zero-order valence-electron chi connectivity index (χ0n) is 35.7. The maximum atomic E-state index is 14.1. The van der Waals surface area contributed by atoms with Gasteiger partial charge in [-0.3, -0.25) is 9.59 Å². The molecule has 6 atom stereocenters. The fourth-order valence-corrected chi connectivity index (χ4v) is 12.7. The van der Waals surface area contributed by atoms with Gasteiger partial charge in [0.15, 0.2) is 0 Å². The number of nitrogens with one attached hydrogen (secondary N) is 4. The normalized spacial score (nSPS) is 21.8. The minimum Gasteiger partial charge on any atom is -0.453 e. The number of imidazole rings is 2. The number of aromatic amines is 2. The van der Waals surface area contributed by atoms with Crippen LogP contribution in [0, 0.1) is 17.8 Å². The number of fused-ring (bicyclic) bond motifs is 5. The van der Waals surface area contributed by atoms with Gasteiger partial charge < -0.3 is 39.9 Å². The highest BCUT2D eigenvalue weighted by atomic mass is 28.3. The molecule has 3 aromatic carbocycles. The summed E-state index contributed by atoms with van der Waals surface area (Å²) in [7, 11) is 0.859. The molecule has 15 heteroatoms. The number of carbonyl (C=O) groups is 4. The molecule has 4 heterocycles. The molecular weight excluding hydrogens is 777 g/mol. The van der Waals surface area contributed by atoms with Crippen molar-refractivity contribution in [3.8, 4) is 22.4 Å². The lowest BCUT2D eigenvalue weighted by Gasteiger charge is -2.37. The summed E-state index contributed by atoms with van der Waals surface area (Å²) in [5.74, 6) is 1.41. The molecule has 5 aromatic rings. The lowest BCUT2D eigenvalue weighted by Crippen LogP contribution is -2.54. The van der Waals surface area contributed by atoms with Crippen LogP contribution in [0.4, 0.5) is 9.59 Å². The molecule has 3 aliphatic rings. The van der Waals surface area contributed by atoms with Crippen molar-refractivity contribution in [2.24, 2.45) is 17.8 Å². The lowest BCUT2D eigenvalue weighted by molar-refractivity contribution is -0.139. The lowest BCUT2D eigenvalue weighted by atomic mass is 9.95. The average Bonchev–Trinajstić information content (AvgIpc) is 4.09. The Labute approximate surface area is 351 Å². The van der Waals surface area contributed by atoms with Crippen molar-refractivity contribution < 1.29 is 28.7 Å². The summed E-state index contributed by atoms with van der Waals surface area (Å²) in [6, 6.07) is 18.2. The molecule has 14 nitrogen and oxygen atoms in total. The third-order valence-electron chi connectivity index (χ3n) is 12.8. The third kappa shape index (κ3) is 7.63. The van der Waals surface area contributed by atoms with Crippen LogP contribution in [0.2, 0.25) is 19.1 Å². The molecule has 4 amide bonds. The van der Waals surface area contributed by atoms with Gasteiger partial charge >= 0.3 is 12.2 Å². The van der Waals surface area contributed by atoms with Gasteiger partial charge in [-0.1, -0.05) is 83.3 Å². The molecule has 5 unspecified atom stereocenters. The Morgan fingerprint density at radius 3 is 2.12 bits per heavy atom. The first-order chi connectivity index (χ1) is 28.7. The van der Waals surface area contributed by atoms with Crippen molar-refractivity contribution in [2.45, 2.75) is 96.3 Å². The van der Waals surface area contributed by atoms with Crippen LogP contribution >= 0.6 is 0 Å². The number of likely N-dealkylation sites (tertiary alicyclic amines) is 1. The summed E-state index contributed by atoms with van der Waals surface area (Å²) in [6.45, 7) is 12.3. The zero-order chi connectivity index (χ0) is 42.6. The van der Waals surface area contributed by atoms with Crippen molar-refractivity contribution in [1.29, 1.82) is 0 Å². The second kappa shape index (κ2) is 16.1. The Bertz CT molecular complexity index is 2440. The molecule has 2 bridgehead atoms. The van der Waals surface area contributed by atoms with Gasteiger partial charge in [0.25, 0.3) is 0 Å². The highest BCUT2D eigenvalue weighted by Crippen LogP contribution is 2.50. The Kier molecular flexibility index (Phi) is 11.0. The molecule has 8 rings (SSSR count). The molecule has 4 N–H and O–H groups in total. The highest BCUT2D eigenvalue weighted by Gasteiger charge is 2.52. The molecule has 0 spiro atoms. The number of methoxy groups -OCH3 is 2. The van der Waals surface area contributed by atoms with Gasteiger partial charge in [-0.25, -0.2) is 19.6 Å². The van der Waals surface area contributed by atoms with Crippen LogP contribution < -0.4 is 10.6 Å². The van der Waals surface area contributed by atoms with E-state index in [1.54, 1.807) is 0 Å². The summed E-state index contributed by atoms with van der Waals surface area (Å²) < 4.78 is 9.66. The van der Waals surface area contributed by atoms with E-state index in [1.807, 2.05) is 43.7 Å². The number of alkyl carbamates (subject to hydrolysis) is 2. The molecule has 0 radical (unpaired) electrons. The first-order valence-electron chi connectivity index (χ1n) is 21.1. The summed E-state index contributed by atoms with van der Waals surface area (Å²) in [5.41, 5.74) is 5.79. The number of benzene rings is 3. The number of ether oxygens (including phenoxy) is 2. The quantitative estimate of drug-likeness (QED) is 0.104. The number of piperidine rings is 1. The number of carbonyl (C=O) groups excluding carboxylic acids is 4. The Morgan fingerprint density at radius 2 is 1.45 bits per heavy atom. The number of nitrogens with zero attached hydrogens (tertiary/aromatic N) is 4. The van der Waals surface area contributed by atoms with Crippen molar-refractivity contribution >= 4 is 53.9 Å². The van der Waals surface area contributed by atoms with Crippen LogP contribution in [0.25, 0.3) is 44.2 Å². The van der Waals surface area contributed by atoms with Crippen LogP contribution in [-0.2, 0) is 19.1 Å². The predicted octanol–water partition coefficient (Wildman–Crippen LogP) is 7.72. The number of aromatic nitrogens is 4. The largest absolute Gasteiger partial charge is 0.453 e. The summed E-state index contributed by atoms with van der Waals surface area (Å²) in [4.78, 5) is 73.2. The molecule has 3 fully saturated rings. The van der Waals surface area contributed by atoms with E-state index >= 15 is 0 Å². The van der Waals surface area contributed by atoms with E-state index < -0.39 is 32.3 Å². The molecule has 60 heavy (non-hydrogen) atoms. The fraction of sp³-hybridized carbons (Fsp3) is 0.467. The molecule has 316 valence electrons. The topological polar surface area (TPSA) is 175 Å².